The van der Waals surface area contributed by atoms with E-state index in [1.165, 1.54) is 0 Å². The molecule has 28 heavy (non-hydrogen) atoms. The first-order chi connectivity index (χ1) is 13.4. The van der Waals surface area contributed by atoms with Crippen LogP contribution in [0, 0.1) is 12.3 Å². The van der Waals surface area contributed by atoms with Crippen molar-refractivity contribution in [3.63, 3.8) is 0 Å². The topological polar surface area (TPSA) is 83.2 Å². The Balaban J connectivity index is 1.63. The lowest BCUT2D eigenvalue weighted by atomic mass is 9.68. The van der Waals surface area contributed by atoms with Crippen LogP contribution in [-0.2, 0) is 4.79 Å². The SMILES string of the molecule is COc1ccc2c(C)c(C(=O)N3CC[C@@]4(C(=O)O)CCCN(C)[C@@H]4C3)oc2c1. The van der Waals surface area contributed by atoms with Gasteiger partial charge in [0.25, 0.3) is 5.91 Å². The van der Waals surface area contributed by atoms with Crippen LogP contribution >= 0.6 is 0 Å². The number of likely N-dealkylation sites (N-methyl/N-ethyl adjacent to an activating group) is 1. The molecule has 4 rings (SSSR count). The molecule has 2 saturated heterocycles. The van der Waals surface area contributed by atoms with Crippen LogP contribution in [0.25, 0.3) is 11.0 Å². The average Bonchev–Trinajstić information content (AvgIpc) is 3.03. The van der Waals surface area contributed by atoms with Crippen LogP contribution in [-0.4, -0.2) is 66.6 Å². The number of ether oxygens (including phenoxy) is 1. The zero-order valence-electron chi connectivity index (χ0n) is 16.5. The van der Waals surface area contributed by atoms with Gasteiger partial charge in [0.2, 0.25) is 0 Å². The van der Waals surface area contributed by atoms with Crippen molar-refractivity contribution in [1.29, 1.82) is 0 Å². The van der Waals surface area contributed by atoms with Gasteiger partial charge in [-0.3, -0.25) is 9.59 Å². The third-order valence-corrected chi connectivity index (χ3v) is 6.58. The lowest BCUT2D eigenvalue weighted by molar-refractivity contribution is -0.161. The Labute approximate surface area is 163 Å². The molecular weight excluding hydrogens is 360 g/mol. The van der Waals surface area contributed by atoms with Crippen molar-refractivity contribution in [2.75, 3.05) is 33.8 Å². The number of aliphatic carboxylic acids is 1. The van der Waals surface area contributed by atoms with Crippen molar-refractivity contribution in [2.24, 2.45) is 5.41 Å². The highest BCUT2D eigenvalue weighted by Gasteiger charge is 2.53. The minimum atomic E-state index is -0.764. The number of benzene rings is 1. The smallest absolute Gasteiger partial charge is 0.311 e. The maximum Gasteiger partial charge on any atom is 0.311 e. The van der Waals surface area contributed by atoms with Gasteiger partial charge in [0.1, 0.15) is 11.3 Å². The number of methoxy groups -OCH3 is 1. The standard InChI is InChI=1S/C21H26N2O5/c1-13-15-6-5-14(27-3)11-16(15)28-18(13)19(24)23-10-8-21(20(25)26)7-4-9-22(2)17(21)12-23/h5-6,11,17H,4,7-10,12H2,1-3H3,(H,25,26)/t17-,21+/m1/s1. The fourth-order valence-electron chi connectivity index (χ4n) is 4.85. The molecule has 2 atom stereocenters. The quantitative estimate of drug-likeness (QED) is 0.873. The average molecular weight is 386 g/mol. The van der Waals surface area contributed by atoms with Crippen LogP contribution < -0.4 is 4.74 Å². The van der Waals surface area contributed by atoms with Gasteiger partial charge in [0, 0.05) is 36.1 Å². The number of likely N-dealkylation sites (tertiary alicyclic amines) is 2. The zero-order chi connectivity index (χ0) is 20.1. The maximum atomic E-state index is 13.2. The fraction of sp³-hybridized carbons (Fsp3) is 0.524. The lowest BCUT2D eigenvalue weighted by Gasteiger charge is -2.51. The highest BCUT2D eigenvalue weighted by atomic mass is 16.5. The summed E-state index contributed by atoms with van der Waals surface area (Å²) in [5.74, 6) is 0.0756. The molecule has 1 N–H and O–H groups in total. The number of piperidine rings is 2. The number of carbonyl (C=O) groups excluding carboxylic acids is 1. The summed E-state index contributed by atoms with van der Waals surface area (Å²) in [6.07, 6.45) is 2.01. The van der Waals surface area contributed by atoms with Crippen LogP contribution in [0.15, 0.2) is 22.6 Å². The van der Waals surface area contributed by atoms with Crippen molar-refractivity contribution < 1.29 is 23.8 Å². The number of fused-ring (bicyclic) bond motifs is 2. The molecule has 0 radical (unpaired) electrons. The maximum absolute atomic E-state index is 13.2. The minimum absolute atomic E-state index is 0.175. The molecule has 7 heteroatoms. The summed E-state index contributed by atoms with van der Waals surface area (Å²) in [5.41, 5.74) is 0.654. The second-order valence-corrected chi connectivity index (χ2v) is 7.98. The Bertz CT molecular complexity index is 936. The van der Waals surface area contributed by atoms with Crippen LogP contribution in [0.3, 0.4) is 0 Å². The summed E-state index contributed by atoms with van der Waals surface area (Å²) in [5, 5.41) is 10.8. The first-order valence-electron chi connectivity index (χ1n) is 9.67. The van der Waals surface area contributed by atoms with E-state index in [4.69, 9.17) is 9.15 Å². The molecular formula is C21H26N2O5. The molecule has 3 heterocycles. The number of carboxylic acid groups (broad SMARTS) is 1. The van der Waals surface area contributed by atoms with E-state index in [1.54, 1.807) is 18.1 Å². The number of carbonyl (C=O) groups is 2. The molecule has 2 aliphatic heterocycles. The highest BCUT2D eigenvalue weighted by molar-refractivity contribution is 5.99. The van der Waals surface area contributed by atoms with E-state index in [-0.39, 0.29) is 11.9 Å². The molecule has 0 unspecified atom stereocenters. The first kappa shape index (κ1) is 18.8. The normalized spacial score (nSPS) is 25.5. The fourth-order valence-corrected chi connectivity index (χ4v) is 4.85. The third kappa shape index (κ3) is 2.76. The molecule has 0 spiro atoms. The van der Waals surface area contributed by atoms with E-state index in [0.29, 0.717) is 43.0 Å². The van der Waals surface area contributed by atoms with Gasteiger partial charge in [-0.05, 0) is 51.9 Å². The minimum Gasteiger partial charge on any atom is -0.497 e. The zero-order valence-corrected chi connectivity index (χ0v) is 16.5. The highest BCUT2D eigenvalue weighted by Crippen LogP contribution is 2.42. The van der Waals surface area contributed by atoms with Crippen LogP contribution in [0.5, 0.6) is 5.75 Å². The Kier molecular flexibility index (Phi) is 4.57. The molecule has 2 aromatic rings. The monoisotopic (exact) mass is 386 g/mol. The van der Waals surface area contributed by atoms with E-state index in [1.807, 2.05) is 26.1 Å². The summed E-state index contributed by atoms with van der Waals surface area (Å²) in [7, 11) is 3.54. The van der Waals surface area contributed by atoms with Gasteiger partial charge in [-0.1, -0.05) is 0 Å². The Hall–Kier alpha value is -2.54. The predicted molar refractivity (Wildman–Crippen MR) is 104 cm³/mol. The van der Waals surface area contributed by atoms with Crippen molar-refractivity contribution >= 4 is 22.8 Å². The number of aryl methyl sites for hydroxylation is 1. The molecule has 0 bridgehead atoms. The number of carboxylic acids is 1. The van der Waals surface area contributed by atoms with Gasteiger partial charge in [-0.2, -0.15) is 0 Å². The number of amides is 1. The van der Waals surface area contributed by atoms with E-state index in [2.05, 4.69) is 4.90 Å². The number of furan rings is 1. The van der Waals surface area contributed by atoms with Crippen molar-refractivity contribution in [3.05, 3.63) is 29.5 Å². The van der Waals surface area contributed by atoms with Gasteiger partial charge in [0.15, 0.2) is 5.76 Å². The van der Waals surface area contributed by atoms with Gasteiger partial charge in [-0.25, -0.2) is 0 Å². The Morgan fingerprint density at radius 2 is 2.07 bits per heavy atom. The summed E-state index contributed by atoms with van der Waals surface area (Å²) in [6.45, 7) is 3.56. The number of hydrogen-bond acceptors (Lipinski definition) is 5. The van der Waals surface area contributed by atoms with Crippen LogP contribution in [0.1, 0.15) is 35.4 Å². The van der Waals surface area contributed by atoms with Crippen molar-refractivity contribution in [1.82, 2.24) is 9.80 Å². The third-order valence-electron chi connectivity index (χ3n) is 6.58. The van der Waals surface area contributed by atoms with E-state index < -0.39 is 11.4 Å². The van der Waals surface area contributed by atoms with Gasteiger partial charge >= 0.3 is 5.97 Å². The lowest BCUT2D eigenvalue weighted by Crippen LogP contribution is -2.63. The van der Waals surface area contributed by atoms with Crippen molar-refractivity contribution in [2.45, 2.75) is 32.2 Å². The van der Waals surface area contributed by atoms with E-state index in [0.717, 1.165) is 23.9 Å². The Morgan fingerprint density at radius 1 is 1.29 bits per heavy atom. The van der Waals surface area contributed by atoms with Gasteiger partial charge < -0.3 is 24.1 Å². The molecule has 1 aromatic heterocycles. The predicted octanol–water partition coefficient (Wildman–Crippen LogP) is 2.76. The van der Waals surface area contributed by atoms with Crippen LogP contribution in [0.4, 0.5) is 0 Å². The molecule has 0 aliphatic carbocycles. The number of nitrogens with zero attached hydrogens (tertiary/aromatic N) is 2. The van der Waals surface area contributed by atoms with E-state index in [9.17, 15) is 14.7 Å². The molecule has 1 aromatic carbocycles. The molecule has 1 amide bonds. The summed E-state index contributed by atoms with van der Waals surface area (Å²) in [4.78, 5) is 29.1. The first-order valence-corrected chi connectivity index (χ1v) is 9.67. The summed E-state index contributed by atoms with van der Waals surface area (Å²) >= 11 is 0. The largest absolute Gasteiger partial charge is 0.497 e. The second kappa shape index (κ2) is 6.81. The van der Waals surface area contributed by atoms with Crippen LogP contribution in [0.2, 0.25) is 0 Å². The Morgan fingerprint density at radius 3 is 2.79 bits per heavy atom. The van der Waals surface area contributed by atoms with Gasteiger partial charge in [0.05, 0.1) is 12.5 Å². The summed E-state index contributed by atoms with van der Waals surface area (Å²) in [6, 6.07) is 5.34. The number of rotatable bonds is 3. The molecule has 0 saturated carbocycles. The van der Waals surface area contributed by atoms with E-state index >= 15 is 0 Å². The number of hydrogen-bond donors (Lipinski definition) is 1. The van der Waals surface area contributed by atoms with Crippen molar-refractivity contribution in [3.8, 4) is 5.75 Å². The second-order valence-electron chi connectivity index (χ2n) is 7.98. The molecule has 2 fully saturated rings. The van der Waals surface area contributed by atoms with Gasteiger partial charge in [-0.15, -0.1) is 0 Å². The molecule has 7 nitrogen and oxygen atoms in total. The summed E-state index contributed by atoms with van der Waals surface area (Å²) < 4.78 is 11.1. The molecule has 150 valence electrons. The molecule has 2 aliphatic rings.